The molecule has 0 aliphatic carbocycles. The van der Waals surface area contributed by atoms with E-state index in [0.29, 0.717) is 29.8 Å². The fraction of sp³-hybridized carbons (Fsp3) is 0.316. The fourth-order valence-electron chi connectivity index (χ4n) is 2.92. The molecule has 0 atom stereocenters. The molecule has 1 fully saturated rings. The summed E-state index contributed by atoms with van der Waals surface area (Å²) in [6.07, 6.45) is 1.49. The maximum atomic E-state index is 12.6. The second-order valence-electron chi connectivity index (χ2n) is 6.19. The Morgan fingerprint density at radius 1 is 1.00 bits per heavy atom. The Kier molecular flexibility index (Phi) is 5.28. The minimum Gasteiger partial charge on any atom is -0.349 e. The van der Waals surface area contributed by atoms with Crippen LogP contribution in [0.25, 0.3) is 0 Å². The van der Waals surface area contributed by atoms with E-state index in [1.807, 2.05) is 16.8 Å². The number of benzene rings is 1. The maximum absolute atomic E-state index is 12.6. The number of ketones is 1. The summed E-state index contributed by atoms with van der Waals surface area (Å²) in [4.78, 5) is 37.7. The molecule has 2 amide bonds. The Balaban J connectivity index is 1.54. The average Bonchev–Trinajstić information content (AvgIpc) is 3.17. The van der Waals surface area contributed by atoms with Crippen LogP contribution in [0.1, 0.15) is 50.8 Å². The summed E-state index contributed by atoms with van der Waals surface area (Å²) in [5.74, 6) is -0.0928. The zero-order valence-corrected chi connectivity index (χ0v) is 14.8. The molecule has 3 rings (SSSR count). The molecule has 0 saturated carbocycles. The fourth-order valence-corrected chi connectivity index (χ4v) is 3.56. The first-order valence-corrected chi connectivity index (χ1v) is 9.22. The number of carbonyl (C=O) groups excluding carboxylic acids is 3. The number of amides is 2. The molecule has 0 unspecified atom stereocenters. The van der Waals surface area contributed by atoms with Gasteiger partial charge in [-0.05, 0) is 43.3 Å². The lowest BCUT2D eigenvalue weighted by molar-refractivity contribution is 0.0697. The predicted octanol–water partition coefficient (Wildman–Crippen LogP) is 2.99. The van der Waals surface area contributed by atoms with Crippen LogP contribution in [0.3, 0.4) is 0 Å². The van der Waals surface area contributed by atoms with Gasteiger partial charge in [0.05, 0.1) is 0 Å². The quantitative estimate of drug-likeness (QED) is 0.857. The standard InChI is InChI=1S/C19H20N2O3S/c1-13(22)14-2-4-15(5-3-14)19(24)21-9-6-17(7-10-21)20-18(23)16-8-11-25-12-16/h2-5,8,11-12,17H,6-7,9-10H2,1H3,(H,20,23). The number of thiophene rings is 1. The zero-order chi connectivity index (χ0) is 17.8. The third-order valence-electron chi connectivity index (χ3n) is 4.44. The van der Waals surface area contributed by atoms with Crippen molar-refractivity contribution in [3.63, 3.8) is 0 Å². The highest BCUT2D eigenvalue weighted by atomic mass is 32.1. The predicted molar refractivity (Wildman–Crippen MR) is 97.2 cm³/mol. The summed E-state index contributed by atoms with van der Waals surface area (Å²) in [5, 5.41) is 6.75. The number of Topliss-reactive ketones (excluding diaryl/α,β-unsaturated/α-hetero) is 1. The lowest BCUT2D eigenvalue weighted by Crippen LogP contribution is -2.46. The van der Waals surface area contributed by atoms with Gasteiger partial charge in [0.15, 0.2) is 5.78 Å². The maximum Gasteiger partial charge on any atom is 0.253 e. The summed E-state index contributed by atoms with van der Waals surface area (Å²) in [6.45, 7) is 2.73. The lowest BCUT2D eigenvalue weighted by Gasteiger charge is -2.32. The number of likely N-dealkylation sites (tertiary alicyclic amines) is 1. The molecular formula is C19H20N2O3S. The van der Waals surface area contributed by atoms with Crippen molar-refractivity contribution in [2.45, 2.75) is 25.8 Å². The van der Waals surface area contributed by atoms with Gasteiger partial charge in [0.1, 0.15) is 0 Å². The van der Waals surface area contributed by atoms with Crippen LogP contribution in [0.2, 0.25) is 0 Å². The van der Waals surface area contributed by atoms with Crippen molar-refractivity contribution in [2.75, 3.05) is 13.1 Å². The first-order chi connectivity index (χ1) is 12.0. The molecule has 1 aromatic heterocycles. The van der Waals surface area contributed by atoms with E-state index in [2.05, 4.69) is 5.32 Å². The minimum absolute atomic E-state index is 0.0128. The second-order valence-corrected chi connectivity index (χ2v) is 6.97. The van der Waals surface area contributed by atoms with E-state index in [1.165, 1.54) is 18.3 Å². The highest BCUT2D eigenvalue weighted by Crippen LogP contribution is 2.16. The van der Waals surface area contributed by atoms with E-state index in [0.717, 1.165) is 12.8 Å². The van der Waals surface area contributed by atoms with E-state index < -0.39 is 0 Å². The van der Waals surface area contributed by atoms with Crippen LogP contribution >= 0.6 is 11.3 Å². The number of hydrogen-bond donors (Lipinski definition) is 1. The molecule has 2 heterocycles. The number of hydrogen-bond acceptors (Lipinski definition) is 4. The van der Waals surface area contributed by atoms with Gasteiger partial charge in [0.2, 0.25) is 0 Å². The summed E-state index contributed by atoms with van der Waals surface area (Å²) in [5.41, 5.74) is 1.88. The van der Waals surface area contributed by atoms with Gasteiger partial charge >= 0.3 is 0 Å². The van der Waals surface area contributed by atoms with Gasteiger partial charge in [-0.3, -0.25) is 14.4 Å². The van der Waals surface area contributed by atoms with Crippen LogP contribution in [0.5, 0.6) is 0 Å². The van der Waals surface area contributed by atoms with Gasteiger partial charge in [-0.15, -0.1) is 0 Å². The van der Waals surface area contributed by atoms with E-state index >= 15 is 0 Å². The van der Waals surface area contributed by atoms with Crippen molar-refractivity contribution >= 4 is 28.9 Å². The molecule has 1 aliphatic rings. The van der Waals surface area contributed by atoms with Gasteiger partial charge in [-0.2, -0.15) is 11.3 Å². The molecule has 1 aliphatic heterocycles. The van der Waals surface area contributed by atoms with Crippen molar-refractivity contribution in [3.05, 3.63) is 57.8 Å². The molecule has 0 spiro atoms. The van der Waals surface area contributed by atoms with Crippen LogP contribution in [0.15, 0.2) is 41.1 Å². The molecule has 6 heteroatoms. The Bertz CT molecular complexity index is 760. The van der Waals surface area contributed by atoms with Gasteiger partial charge in [-0.1, -0.05) is 12.1 Å². The average molecular weight is 356 g/mol. The monoisotopic (exact) mass is 356 g/mol. The molecule has 0 radical (unpaired) electrons. The third kappa shape index (κ3) is 4.14. The first-order valence-electron chi connectivity index (χ1n) is 8.28. The van der Waals surface area contributed by atoms with Crippen LogP contribution in [-0.4, -0.2) is 41.6 Å². The third-order valence-corrected chi connectivity index (χ3v) is 5.12. The van der Waals surface area contributed by atoms with E-state index in [4.69, 9.17) is 0 Å². The van der Waals surface area contributed by atoms with Crippen LogP contribution in [0, 0.1) is 0 Å². The van der Waals surface area contributed by atoms with E-state index in [-0.39, 0.29) is 23.6 Å². The van der Waals surface area contributed by atoms with E-state index in [1.54, 1.807) is 29.2 Å². The summed E-state index contributed by atoms with van der Waals surface area (Å²) >= 11 is 1.50. The molecule has 2 aromatic rings. The summed E-state index contributed by atoms with van der Waals surface area (Å²) < 4.78 is 0. The second kappa shape index (κ2) is 7.61. The van der Waals surface area contributed by atoms with Gasteiger partial charge in [0, 0.05) is 41.2 Å². The number of nitrogens with one attached hydrogen (secondary N) is 1. The number of piperidine rings is 1. The Morgan fingerprint density at radius 3 is 2.20 bits per heavy atom. The van der Waals surface area contributed by atoms with Crippen LogP contribution < -0.4 is 5.32 Å². The van der Waals surface area contributed by atoms with Gasteiger partial charge in [-0.25, -0.2) is 0 Å². The lowest BCUT2D eigenvalue weighted by atomic mass is 10.0. The number of nitrogens with zero attached hydrogens (tertiary/aromatic N) is 1. The molecule has 130 valence electrons. The van der Waals surface area contributed by atoms with Crippen LogP contribution in [0.4, 0.5) is 0 Å². The number of carbonyl (C=O) groups is 3. The Hall–Kier alpha value is -2.47. The van der Waals surface area contributed by atoms with Crippen molar-refractivity contribution in [2.24, 2.45) is 0 Å². The molecule has 5 nitrogen and oxygen atoms in total. The Labute approximate surface area is 150 Å². The molecular weight excluding hydrogens is 336 g/mol. The Morgan fingerprint density at radius 2 is 1.64 bits per heavy atom. The van der Waals surface area contributed by atoms with Gasteiger partial charge < -0.3 is 10.2 Å². The number of rotatable bonds is 4. The smallest absolute Gasteiger partial charge is 0.253 e. The largest absolute Gasteiger partial charge is 0.349 e. The highest BCUT2D eigenvalue weighted by molar-refractivity contribution is 7.08. The normalized spacial score (nSPS) is 15.0. The van der Waals surface area contributed by atoms with Crippen molar-refractivity contribution in [3.8, 4) is 0 Å². The molecule has 1 aromatic carbocycles. The summed E-state index contributed by atoms with van der Waals surface area (Å²) in [7, 11) is 0. The molecule has 1 saturated heterocycles. The zero-order valence-electron chi connectivity index (χ0n) is 14.0. The highest BCUT2D eigenvalue weighted by Gasteiger charge is 2.25. The molecule has 1 N–H and O–H groups in total. The van der Waals surface area contributed by atoms with Crippen molar-refractivity contribution in [1.82, 2.24) is 10.2 Å². The topological polar surface area (TPSA) is 66.5 Å². The first kappa shape index (κ1) is 17.4. The molecule has 0 bridgehead atoms. The van der Waals surface area contributed by atoms with Crippen molar-refractivity contribution in [1.29, 1.82) is 0 Å². The summed E-state index contributed by atoms with van der Waals surface area (Å²) in [6, 6.07) is 8.67. The van der Waals surface area contributed by atoms with Crippen molar-refractivity contribution < 1.29 is 14.4 Å². The van der Waals surface area contributed by atoms with Crippen LogP contribution in [-0.2, 0) is 0 Å². The van der Waals surface area contributed by atoms with Gasteiger partial charge in [0.25, 0.3) is 11.8 Å². The van der Waals surface area contributed by atoms with E-state index in [9.17, 15) is 14.4 Å². The molecule has 25 heavy (non-hydrogen) atoms. The minimum atomic E-state index is -0.0501. The SMILES string of the molecule is CC(=O)c1ccc(C(=O)N2CCC(NC(=O)c3ccsc3)CC2)cc1.